The van der Waals surface area contributed by atoms with Crippen LogP contribution in [-0.4, -0.2) is 65.0 Å². The summed E-state index contributed by atoms with van der Waals surface area (Å²) in [5.41, 5.74) is 2.43. The maximum Gasteiger partial charge on any atom is 0.257 e. The maximum absolute atomic E-state index is 13.5. The molecular formula is C24H31N7O3S. The van der Waals surface area contributed by atoms with Gasteiger partial charge in [-0.25, -0.2) is 13.1 Å². The number of hydrogen-bond donors (Lipinski definition) is 1. The summed E-state index contributed by atoms with van der Waals surface area (Å²) in [5, 5.41) is 14.0. The van der Waals surface area contributed by atoms with Gasteiger partial charge in [-0.15, -0.1) is 5.10 Å². The summed E-state index contributed by atoms with van der Waals surface area (Å²) in [6.07, 6.45) is 3.54. The summed E-state index contributed by atoms with van der Waals surface area (Å²) in [6.45, 7) is 8.20. The van der Waals surface area contributed by atoms with Crippen molar-refractivity contribution in [3.63, 3.8) is 0 Å². The molecule has 1 fully saturated rings. The third-order valence-electron chi connectivity index (χ3n) is 6.42. The van der Waals surface area contributed by atoms with E-state index in [-0.39, 0.29) is 10.8 Å². The SMILES string of the molecule is CCN(CC)S(=O)(=O)c1ccc(N2CCC(C)CC2)c(C(=O)Nc2ccc(-n3cnnn3)cc2)c1. The van der Waals surface area contributed by atoms with E-state index < -0.39 is 10.0 Å². The quantitative estimate of drug-likeness (QED) is 0.508. The van der Waals surface area contributed by atoms with E-state index in [1.54, 1.807) is 50.2 Å². The molecular weight excluding hydrogens is 466 g/mol. The van der Waals surface area contributed by atoms with Gasteiger partial charge in [0.05, 0.1) is 16.1 Å². The molecule has 2 aromatic carbocycles. The number of aromatic nitrogens is 4. The number of nitrogens with one attached hydrogen (secondary N) is 1. The lowest BCUT2D eigenvalue weighted by Crippen LogP contribution is -2.35. The number of tetrazole rings is 1. The lowest BCUT2D eigenvalue weighted by molar-refractivity contribution is 0.102. The molecule has 1 aromatic heterocycles. The van der Waals surface area contributed by atoms with Crippen LogP contribution in [0.3, 0.4) is 0 Å². The molecule has 1 aliphatic heterocycles. The zero-order valence-corrected chi connectivity index (χ0v) is 21.1. The average molecular weight is 498 g/mol. The van der Waals surface area contributed by atoms with Crippen LogP contribution in [0.4, 0.5) is 11.4 Å². The molecule has 11 heteroatoms. The second-order valence-corrected chi connectivity index (χ2v) is 10.6. The molecule has 1 aliphatic rings. The third-order valence-corrected chi connectivity index (χ3v) is 8.46. The van der Waals surface area contributed by atoms with Crippen LogP contribution in [0, 0.1) is 5.92 Å². The molecule has 35 heavy (non-hydrogen) atoms. The number of hydrogen-bond acceptors (Lipinski definition) is 7. The summed E-state index contributed by atoms with van der Waals surface area (Å²) in [6, 6.07) is 12.0. The largest absolute Gasteiger partial charge is 0.371 e. The van der Waals surface area contributed by atoms with E-state index in [9.17, 15) is 13.2 Å². The number of amides is 1. The summed E-state index contributed by atoms with van der Waals surface area (Å²) in [5.74, 6) is 0.273. The number of nitrogens with zero attached hydrogens (tertiary/aromatic N) is 6. The monoisotopic (exact) mass is 497 g/mol. The Morgan fingerprint density at radius 2 is 1.77 bits per heavy atom. The molecule has 0 bridgehead atoms. The van der Waals surface area contributed by atoms with E-state index in [1.165, 1.54) is 21.4 Å². The molecule has 0 spiro atoms. The second-order valence-electron chi connectivity index (χ2n) is 8.69. The molecule has 4 rings (SSSR count). The fraction of sp³-hybridized carbons (Fsp3) is 0.417. The van der Waals surface area contributed by atoms with Crippen LogP contribution in [0.15, 0.2) is 53.7 Å². The van der Waals surface area contributed by atoms with E-state index in [2.05, 4.69) is 32.7 Å². The number of piperidine rings is 1. The number of carbonyl (C=O) groups is 1. The van der Waals surface area contributed by atoms with Crippen LogP contribution in [0.2, 0.25) is 0 Å². The Morgan fingerprint density at radius 1 is 1.09 bits per heavy atom. The van der Waals surface area contributed by atoms with Crippen LogP contribution < -0.4 is 10.2 Å². The molecule has 2 heterocycles. The fourth-order valence-electron chi connectivity index (χ4n) is 4.27. The van der Waals surface area contributed by atoms with Crippen molar-refractivity contribution in [3.8, 4) is 5.69 Å². The third kappa shape index (κ3) is 5.35. The Kier molecular flexibility index (Phi) is 7.46. The lowest BCUT2D eigenvalue weighted by Gasteiger charge is -2.33. The topological polar surface area (TPSA) is 113 Å². The van der Waals surface area contributed by atoms with Crippen LogP contribution in [0.25, 0.3) is 5.69 Å². The van der Waals surface area contributed by atoms with Crippen LogP contribution in [-0.2, 0) is 10.0 Å². The van der Waals surface area contributed by atoms with Crippen molar-refractivity contribution in [1.82, 2.24) is 24.5 Å². The highest BCUT2D eigenvalue weighted by atomic mass is 32.2. The van der Waals surface area contributed by atoms with Gasteiger partial charge in [-0.2, -0.15) is 4.31 Å². The molecule has 1 N–H and O–H groups in total. The maximum atomic E-state index is 13.5. The van der Waals surface area contributed by atoms with Gasteiger partial charge in [-0.3, -0.25) is 4.79 Å². The normalized spacial score (nSPS) is 14.9. The Balaban J connectivity index is 1.66. The Hall–Kier alpha value is -3.31. The smallest absolute Gasteiger partial charge is 0.257 e. The van der Waals surface area contributed by atoms with Gasteiger partial charge in [0.1, 0.15) is 6.33 Å². The highest BCUT2D eigenvalue weighted by molar-refractivity contribution is 7.89. The average Bonchev–Trinajstić information content (AvgIpc) is 3.40. The van der Waals surface area contributed by atoms with Gasteiger partial charge in [0.15, 0.2) is 0 Å². The van der Waals surface area contributed by atoms with Gasteiger partial charge in [0.2, 0.25) is 10.0 Å². The van der Waals surface area contributed by atoms with Crippen LogP contribution >= 0.6 is 0 Å². The summed E-state index contributed by atoms with van der Waals surface area (Å²) in [7, 11) is -3.70. The number of rotatable bonds is 8. The van der Waals surface area contributed by atoms with Gasteiger partial charge in [-0.1, -0.05) is 20.8 Å². The highest BCUT2D eigenvalue weighted by Crippen LogP contribution is 2.30. The first-order valence-corrected chi connectivity index (χ1v) is 13.3. The number of sulfonamides is 1. The molecule has 1 saturated heterocycles. The van der Waals surface area contributed by atoms with Gasteiger partial charge >= 0.3 is 0 Å². The zero-order valence-electron chi connectivity index (χ0n) is 20.3. The minimum atomic E-state index is -3.70. The lowest BCUT2D eigenvalue weighted by atomic mass is 9.98. The Labute approximate surface area is 206 Å². The summed E-state index contributed by atoms with van der Waals surface area (Å²) < 4.78 is 29.2. The minimum absolute atomic E-state index is 0.120. The molecule has 0 saturated carbocycles. The van der Waals surface area contributed by atoms with Crippen LogP contribution in [0.5, 0.6) is 0 Å². The van der Waals surface area contributed by atoms with E-state index in [0.29, 0.717) is 30.3 Å². The van der Waals surface area contributed by atoms with Crippen molar-refractivity contribution in [2.45, 2.75) is 38.5 Å². The molecule has 186 valence electrons. The number of benzene rings is 2. The van der Waals surface area contributed by atoms with Crippen molar-refractivity contribution in [3.05, 3.63) is 54.4 Å². The van der Waals surface area contributed by atoms with E-state index in [4.69, 9.17) is 0 Å². The molecule has 0 radical (unpaired) electrons. The minimum Gasteiger partial charge on any atom is -0.371 e. The number of carbonyl (C=O) groups excluding carboxylic acids is 1. The van der Waals surface area contributed by atoms with Gasteiger partial charge < -0.3 is 10.2 Å². The van der Waals surface area contributed by atoms with Crippen molar-refractivity contribution >= 4 is 27.3 Å². The first kappa shape index (κ1) is 24.8. The predicted octanol–water partition coefficient (Wildman–Crippen LogP) is 3.18. The first-order chi connectivity index (χ1) is 16.8. The standard InChI is InChI=1S/C24H31N7O3S/c1-4-30(5-2)35(33,34)21-10-11-23(29-14-12-18(3)13-15-29)22(16-21)24(32)26-19-6-8-20(9-7-19)31-17-25-27-28-31/h6-11,16-18H,4-5,12-15H2,1-3H3,(H,26,32). The summed E-state index contributed by atoms with van der Waals surface area (Å²) >= 11 is 0. The Bertz CT molecular complexity index is 1250. The Morgan fingerprint density at radius 3 is 2.37 bits per heavy atom. The van der Waals surface area contributed by atoms with Gasteiger partial charge in [0, 0.05) is 37.6 Å². The molecule has 1 amide bonds. The van der Waals surface area contributed by atoms with E-state index in [1.807, 2.05) is 0 Å². The van der Waals surface area contributed by atoms with E-state index >= 15 is 0 Å². The molecule has 0 aliphatic carbocycles. The molecule has 0 atom stereocenters. The summed E-state index contributed by atoms with van der Waals surface area (Å²) in [4.78, 5) is 15.7. The molecule has 10 nitrogen and oxygen atoms in total. The van der Waals surface area contributed by atoms with Crippen molar-refractivity contribution in [1.29, 1.82) is 0 Å². The fourth-order valence-corrected chi connectivity index (χ4v) is 5.76. The van der Waals surface area contributed by atoms with Gasteiger partial charge in [0.25, 0.3) is 5.91 Å². The van der Waals surface area contributed by atoms with Gasteiger partial charge in [-0.05, 0) is 71.7 Å². The van der Waals surface area contributed by atoms with E-state index in [0.717, 1.165) is 37.3 Å². The van der Waals surface area contributed by atoms with Crippen molar-refractivity contribution < 1.29 is 13.2 Å². The second kappa shape index (κ2) is 10.5. The van der Waals surface area contributed by atoms with Crippen molar-refractivity contribution in [2.24, 2.45) is 5.92 Å². The van der Waals surface area contributed by atoms with Crippen molar-refractivity contribution in [2.75, 3.05) is 36.4 Å². The zero-order chi connectivity index (χ0) is 25.0. The predicted molar refractivity (Wildman–Crippen MR) is 134 cm³/mol. The molecule has 0 unspecified atom stereocenters. The highest BCUT2D eigenvalue weighted by Gasteiger charge is 2.27. The first-order valence-electron chi connectivity index (χ1n) is 11.9. The number of anilines is 2. The molecule has 3 aromatic rings. The van der Waals surface area contributed by atoms with Crippen LogP contribution in [0.1, 0.15) is 44.0 Å².